The molecule has 1 aromatic heterocycles. The molecule has 1 amide bonds. The zero-order valence-corrected chi connectivity index (χ0v) is 12.3. The fraction of sp³-hybridized carbons (Fsp3) is 0.600. The molecule has 4 nitrogen and oxygen atoms in total. The molecule has 1 aliphatic heterocycles. The van der Waals surface area contributed by atoms with E-state index in [0.717, 1.165) is 25.5 Å². The first-order valence-electron chi connectivity index (χ1n) is 6.91. The molecule has 0 aromatic carbocycles. The first-order chi connectivity index (χ1) is 8.91. The Balaban J connectivity index is 2.09. The number of pyridine rings is 1. The fourth-order valence-corrected chi connectivity index (χ4v) is 2.26. The number of nitrogens with zero attached hydrogens (tertiary/aromatic N) is 3. The summed E-state index contributed by atoms with van der Waals surface area (Å²) in [5.74, 6) is 1.09. The molecule has 1 fully saturated rings. The van der Waals surface area contributed by atoms with Crippen molar-refractivity contribution in [2.75, 3.05) is 31.1 Å². The van der Waals surface area contributed by atoms with Gasteiger partial charge in [-0.2, -0.15) is 0 Å². The Kier molecular flexibility index (Phi) is 3.78. The molecule has 4 heteroatoms. The molecule has 1 aromatic rings. The number of amides is 1. The zero-order chi connectivity index (χ0) is 14.0. The highest BCUT2D eigenvalue weighted by molar-refractivity contribution is 5.82. The third kappa shape index (κ3) is 3.06. The maximum absolute atomic E-state index is 11.9. The van der Waals surface area contributed by atoms with Crippen LogP contribution in [0.3, 0.4) is 0 Å². The summed E-state index contributed by atoms with van der Waals surface area (Å²) < 4.78 is 0. The molecule has 2 heterocycles. The fourth-order valence-electron chi connectivity index (χ4n) is 2.26. The summed E-state index contributed by atoms with van der Waals surface area (Å²) in [5.41, 5.74) is 1.33. The number of rotatable bonds is 2. The lowest BCUT2D eigenvalue weighted by Gasteiger charge is -2.34. The Morgan fingerprint density at radius 1 is 1.26 bits per heavy atom. The molecule has 0 unspecified atom stereocenters. The SMILES string of the molecule is CCN1CCN(c2ccc(C(C)(C)C)cn2)CC1=O. The van der Waals surface area contributed by atoms with E-state index in [1.807, 2.05) is 24.1 Å². The van der Waals surface area contributed by atoms with Crippen LogP contribution < -0.4 is 4.90 Å². The van der Waals surface area contributed by atoms with Gasteiger partial charge in [0.05, 0.1) is 6.54 Å². The highest BCUT2D eigenvalue weighted by atomic mass is 16.2. The van der Waals surface area contributed by atoms with E-state index in [2.05, 4.69) is 36.7 Å². The third-order valence-corrected chi connectivity index (χ3v) is 3.64. The highest BCUT2D eigenvalue weighted by Gasteiger charge is 2.23. The number of likely N-dealkylation sites (N-methyl/N-ethyl adjacent to an activating group) is 1. The first kappa shape index (κ1) is 13.8. The average molecular weight is 261 g/mol. The predicted molar refractivity (Wildman–Crippen MR) is 77.4 cm³/mol. The van der Waals surface area contributed by atoms with Crippen molar-refractivity contribution in [3.05, 3.63) is 23.9 Å². The van der Waals surface area contributed by atoms with Crippen molar-refractivity contribution >= 4 is 11.7 Å². The molecule has 0 radical (unpaired) electrons. The van der Waals surface area contributed by atoms with Crippen LogP contribution in [0, 0.1) is 0 Å². The van der Waals surface area contributed by atoms with Gasteiger partial charge in [0, 0.05) is 25.8 Å². The van der Waals surface area contributed by atoms with E-state index < -0.39 is 0 Å². The van der Waals surface area contributed by atoms with Gasteiger partial charge in [-0.05, 0) is 24.0 Å². The van der Waals surface area contributed by atoms with Crippen LogP contribution in [0.4, 0.5) is 5.82 Å². The normalized spacial score (nSPS) is 16.9. The summed E-state index contributed by atoms with van der Waals surface area (Å²) >= 11 is 0. The molecular weight excluding hydrogens is 238 g/mol. The number of piperazine rings is 1. The molecule has 0 atom stereocenters. The highest BCUT2D eigenvalue weighted by Crippen LogP contribution is 2.23. The summed E-state index contributed by atoms with van der Waals surface area (Å²) in [7, 11) is 0. The van der Waals surface area contributed by atoms with Crippen LogP contribution in [-0.4, -0.2) is 42.0 Å². The second-order valence-corrected chi connectivity index (χ2v) is 6.05. The van der Waals surface area contributed by atoms with E-state index >= 15 is 0 Å². The van der Waals surface area contributed by atoms with Crippen LogP contribution in [0.1, 0.15) is 33.3 Å². The van der Waals surface area contributed by atoms with E-state index in [9.17, 15) is 4.79 Å². The molecule has 2 rings (SSSR count). The van der Waals surface area contributed by atoms with E-state index in [-0.39, 0.29) is 11.3 Å². The van der Waals surface area contributed by atoms with Crippen molar-refractivity contribution in [2.45, 2.75) is 33.1 Å². The van der Waals surface area contributed by atoms with Crippen molar-refractivity contribution < 1.29 is 4.79 Å². The van der Waals surface area contributed by atoms with Crippen LogP contribution >= 0.6 is 0 Å². The van der Waals surface area contributed by atoms with Crippen molar-refractivity contribution in [1.82, 2.24) is 9.88 Å². The molecule has 1 aliphatic rings. The van der Waals surface area contributed by atoms with Crippen LogP contribution in [0.15, 0.2) is 18.3 Å². The topological polar surface area (TPSA) is 36.4 Å². The summed E-state index contributed by atoms with van der Waals surface area (Å²) in [6.07, 6.45) is 1.92. The van der Waals surface area contributed by atoms with Gasteiger partial charge in [-0.1, -0.05) is 26.8 Å². The van der Waals surface area contributed by atoms with E-state index in [1.54, 1.807) is 0 Å². The lowest BCUT2D eigenvalue weighted by Crippen LogP contribution is -2.50. The first-order valence-corrected chi connectivity index (χ1v) is 6.91. The molecule has 1 saturated heterocycles. The molecule has 0 N–H and O–H groups in total. The molecule has 0 spiro atoms. The second-order valence-electron chi connectivity index (χ2n) is 6.05. The van der Waals surface area contributed by atoms with E-state index in [4.69, 9.17) is 0 Å². The predicted octanol–water partition coefficient (Wildman–Crippen LogP) is 2.05. The molecule has 19 heavy (non-hydrogen) atoms. The van der Waals surface area contributed by atoms with Crippen LogP contribution in [0.2, 0.25) is 0 Å². The van der Waals surface area contributed by atoms with Crippen molar-refractivity contribution in [1.29, 1.82) is 0 Å². The molecule has 0 bridgehead atoms. The monoisotopic (exact) mass is 261 g/mol. The number of carbonyl (C=O) groups is 1. The van der Waals surface area contributed by atoms with Crippen molar-refractivity contribution in [3.63, 3.8) is 0 Å². The van der Waals surface area contributed by atoms with Crippen LogP contribution in [0.5, 0.6) is 0 Å². The van der Waals surface area contributed by atoms with Gasteiger partial charge >= 0.3 is 0 Å². The Morgan fingerprint density at radius 2 is 2.00 bits per heavy atom. The van der Waals surface area contributed by atoms with Gasteiger partial charge in [0.1, 0.15) is 5.82 Å². The molecule has 104 valence electrons. The number of aromatic nitrogens is 1. The van der Waals surface area contributed by atoms with Gasteiger partial charge in [-0.3, -0.25) is 4.79 Å². The Labute approximate surface area is 115 Å². The molecule has 0 aliphatic carbocycles. The third-order valence-electron chi connectivity index (χ3n) is 3.64. The molecular formula is C15H23N3O. The Bertz CT molecular complexity index is 447. The average Bonchev–Trinajstić information content (AvgIpc) is 2.38. The van der Waals surface area contributed by atoms with Gasteiger partial charge in [0.2, 0.25) is 5.91 Å². The molecule has 0 saturated carbocycles. The van der Waals surface area contributed by atoms with Crippen LogP contribution in [0.25, 0.3) is 0 Å². The summed E-state index contributed by atoms with van der Waals surface area (Å²) in [6, 6.07) is 4.13. The van der Waals surface area contributed by atoms with Gasteiger partial charge in [-0.15, -0.1) is 0 Å². The number of hydrogen-bond acceptors (Lipinski definition) is 3. The van der Waals surface area contributed by atoms with Gasteiger partial charge in [0.25, 0.3) is 0 Å². The van der Waals surface area contributed by atoms with Crippen molar-refractivity contribution in [2.24, 2.45) is 0 Å². The van der Waals surface area contributed by atoms with Gasteiger partial charge in [-0.25, -0.2) is 4.98 Å². The van der Waals surface area contributed by atoms with Gasteiger partial charge < -0.3 is 9.80 Å². The summed E-state index contributed by atoms with van der Waals surface area (Å²) in [6.45, 7) is 11.4. The maximum atomic E-state index is 11.9. The van der Waals surface area contributed by atoms with Gasteiger partial charge in [0.15, 0.2) is 0 Å². The number of hydrogen-bond donors (Lipinski definition) is 0. The summed E-state index contributed by atoms with van der Waals surface area (Å²) in [4.78, 5) is 20.3. The largest absolute Gasteiger partial charge is 0.346 e. The Morgan fingerprint density at radius 3 is 2.47 bits per heavy atom. The minimum atomic E-state index is 0.113. The smallest absolute Gasteiger partial charge is 0.242 e. The minimum absolute atomic E-state index is 0.113. The Hall–Kier alpha value is -1.58. The standard InChI is InChI=1S/C15H23N3O/c1-5-17-8-9-18(11-14(17)19)13-7-6-12(10-16-13)15(2,3)4/h6-7,10H,5,8-9,11H2,1-4H3. The second kappa shape index (κ2) is 5.19. The number of anilines is 1. The quantitative estimate of drug-likeness (QED) is 0.817. The zero-order valence-electron chi connectivity index (χ0n) is 12.3. The van der Waals surface area contributed by atoms with Crippen molar-refractivity contribution in [3.8, 4) is 0 Å². The maximum Gasteiger partial charge on any atom is 0.242 e. The van der Waals surface area contributed by atoms with E-state index in [0.29, 0.717) is 6.54 Å². The lowest BCUT2D eigenvalue weighted by atomic mass is 9.88. The number of carbonyl (C=O) groups excluding carboxylic acids is 1. The lowest BCUT2D eigenvalue weighted by molar-refractivity contribution is -0.130. The van der Waals surface area contributed by atoms with E-state index in [1.165, 1.54) is 5.56 Å². The summed E-state index contributed by atoms with van der Waals surface area (Å²) in [5, 5.41) is 0. The minimum Gasteiger partial charge on any atom is -0.346 e. The van der Waals surface area contributed by atoms with Crippen LogP contribution in [-0.2, 0) is 10.2 Å².